The van der Waals surface area contributed by atoms with Crippen LogP contribution in [0, 0.1) is 6.92 Å². The molecule has 0 spiro atoms. The number of carboxylic acids is 1. The van der Waals surface area contributed by atoms with Gasteiger partial charge in [-0.25, -0.2) is 4.79 Å². The molecule has 0 saturated carbocycles. The highest BCUT2D eigenvalue weighted by Gasteiger charge is 2.13. The molecular formula is C30H32ClNO3. The Balaban J connectivity index is 0.00000342. The normalized spacial score (nSPS) is 11.6. The number of hydrogen-bond donors (Lipinski definition) is 2. The van der Waals surface area contributed by atoms with Crippen molar-refractivity contribution >= 4 is 29.1 Å². The molecule has 4 nitrogen and oxygen atoms in total. The van der Waals surface area contributed by atoms with Gasteiger partial charge < -0.3 is 15.2 Å². The molecule has 4 rings (SSSR count). The van der Waals surface area contributed by atoms with Crippen molar-refractivity contribution in [2.75, 3.05) is 6.61 Å². The number of aromatic carboxylic acids is 1. The molecular weight excluding hydrogens is 458 g/mol. The van der Waals surface area contributed by atoms with E-state index in [-0.39, 0.29) is 18.4 Å². The molecule has 0 saturated heterocycles. The van der Waals surface area contributed by atoms with Gasteiger partial charge in [0.15, 0.2) is 0 Å². The van der Waals surface area contributed by atoms with Crippen LogP contribution in [0.3, 0.4) is 0 Å². The van der Waals surface area contributed by atoms with Gasteiger partial charge in [-0.2, -0.15) is 0 Å². The van der Waals surface area contributed by atoms with Crippen molar-refractivity contribution in [3.8, 4) is 16.9 Å². The summed E-state index contributed by atoms with van der Waals surface area (Å²) < 4.78 is 5.79. The van der Waals surface area contributed by atoms with E-state index in [1.54, 1.807) is 6.07 Å². The molecule has 0 aromatic heterocycles. The molecule has 2 N–H and O–H groups in total. The lowest BCUT2D eigenvalue weighted by molar-refractivity contribution is 0.0696. The predicted molar refractivity (Wildman–Crippen MR) is 146 cm³/mol. The van der Waals surface area contributed by atoms with Gasteiger partial charge in [-0.1, -0.05) is 55.5 Å². The number of halogens is 1. The molecule has 5 heteroatoms. The molecule has 0 amide bonds. The predicted octanol–water partition coefficient (Wildman–Crippen LogP) is 7.57. The van der Waals surface area contributed by atoms with E-state index >= 15 is 0 Å². The first kappa shape index (κ1) is 26.3. The Bertz CT molecular complexity index is 1320. The zero-order chi connectivity index (χ0) is 24.1. The number of carboxylic acid groups (broad SMARTS) is 1. The van der Waals surface area contributed by atoms with Crippen LogP contribution in [-0.2, 0) is 6.54 Å². The summed E-state index contributed by atoms with van der Waals surface area (Å²) >= 11 is 0. The third-order valence-corrected chi connectivity index (χ3v) is 6.14. The van der Waals surface area contributed by atoms with E-state index in [0.717, 1.165) is 45.2 Å². The second-order valence-corrected chi connectivity index (χ2v) is 8.72. The largest absolute Gasteiger partial charge is 0.494 e. The maximum absolute atomic E-state index is 11.7. The Labute approximate surface area is 213 Å². The van der Waals surface area contributed by atoms with Crippen LogP contribution in [0.15, 0.2) is 78.9 Å². The highest BCUT2D eigenvalue weighted by atomic mass is 35.5. The fraction of sp³-hybridized carbons (Fsp3) is 0.233. The zero-order valence-corrected chi connectivity index (χ0v) is 21.2. The van der Waals surface area contributed by atoms with Gasteiger partial charge in [0, 0.05) is 12.6 Å². The Morgan fingerprint density at radius 1 is 1.00 bits per heavy atom. The number of carbonyl (C=O) groups is 1. The summed E-state index contributed by atoms with van der Waals surface area (Å²) in [5, 5.41) is 15.5. The summed E-state index contributed by atoms with van der Waals surface area (Å²) in [4.78, 5) is 11.7. The van der Waals surface area contributed by atoms with Crippen molar-refractivity contribution < 1.29 is 14.6 Å². The fourth-order valence-corrected chi connectivity index (χ4v) is 4.22. The molecule has 0 aliphatic carbocycles. The highest BCUT2D eigenvalue weighted by Crippen LogP contribution is 2.32. The lowest BCUT2D eigenvalue weighted by atomic mass is 9.93. The molecule has 0 unspecified atom stereocenters. The van der Waals surface area contributed by atoms with Gasteiger partial charge in [-0.15, -0.1) is 12.4 Å². The number of hydrogen-bond acceptors (Lipinski definition) is 3. The Kier molecular flexibility index (Phi) is 8.91. The van der Waals surface area contributed by atoms with Gasteiger partial charge in [0.25, 0.3) is 0 Å². The first-order valence-corrected chi connectivity index (χ1v) is 11.8. The minimum Gasteiger partial charge on any atom is -0.494 e. The number of fused-ring (bicyclic) bond motifs is 1. The van der Waals surface area contributed by atoms with Crippen molar-refractivity contribution in [1.82, 2.24) is 5.32 Å². The molecule has 4 aromatic carbocycles. The van der Waals surface area contributed by atoms with E-state index in [1.165, 1.54) is 5.56 Å². The average Bonchev–Trinajstić information content (AvgIpc) is 2.85. The van der Waals surface area contributed by atoms with Crippen LogP contribution in [0.2, 0.25) is 0 Å². The third kappa shape index (κ3) is 6.21. The van der Waals surface area contributed by atoms with E-state index < -0.39 is 5.97 Å². The molecule has 4 aromatic rings. The molecule has 35 heavy (non-hydrogen) atoms. The summed E-state index contributed by atoms with van der Waals surface area (Å²) in [5.41, 5.74) is 5.38. The molecule has 0 bridgehead atoms. The number of benzene rings is 4. The number of rotatable bonds is 9. The quantitative estimate of drug-likeness (QED) is 0.254. The SMILES string of the molecule is CCCOc1cccc([C@@H](C)NCc2cc(-c3ccc(C)c(C(=O)O)c3)c3ccccc3c2)c1.Cl. The first-order chi connectivity index (χ1) is 16.5. The van der Waals surface area contributed by atoms with Crippen LogP contribution >= 0.6 is 12.4 Å². The van der Waals surface area contributed by atoms with Crippen molar-refractivity contribution in [2.24, 2.45) is 0 Å². The molecule has 0 aliphatic rings. The molecule has 0 aliphatic heterocycles. The fourth-order valence-electron chi connectivity index (χ4n) is 4.22. The summed E-state index contributed by atoms with van der Waals surface area (Å²) in [6.45, 7) is 7.49. The highest BCUT2D eigenvalue weighted by molar-refractivity contribution is 5.99. The summed E-state index contributed by atoms with van der Waals surface area (Å²) in [6.07, 6.45) is 0.983. The van der Waals surface area contributed by atoms with Crippen molar-refractivity contribution in [3.05, 3.63) is 101 Å². The molecule has 1 atom stereocenters. The molecule has 0 radical (unpaired) electrons. The van der Waals surface area contributed by atoms with Crippen molar-refractivity contribution in [2.45, 2.75) is 39.8 Å². The monoisotopic (exact) mass is 489 g/mol. The summed E-state index contributed by atoms with van der Waals surface area (Å²) in [6, 6.07) is 26.7. The smallest absolute Gasteiger partial charge is 0.335 e. The van der Waals surface area contributed by atoms with Gasteiger partial charge in [0.1, 0.15) is 5.75 Å². The number of nitrogens with one attached hydrogen (secondary N) is 1. The van der Waals surface area contributed by atoms with Gasteiger partial charge >= 0.3 is 5.97 Å². The van der Waals surface area contributed by atoms with Crippen molar-refractivity contribution in [1.29, 1.82) is 0 Å². The topological polar surface area (TPSA) is 58.6 Å². The van der Waals surface area contributed by atoms with Gasteiger partial charge in [0.2, 0.25) is 0 Å². The van der Waals surface area contributed by atoms with E-state index in [1.807, 2.05) is 43.3 Å². The molecule has 0 heterocycles. The standard InChI is InChI=1S/C30H31NO3.ClH/c1-4-14-34-26-10-7-9-23(17-26)21(3)31-19-22-15-24-8-5-6-11-27(24)29(16-22)25-13-12-20(2)28(18-25)30(32)33;/h5-13,15-18,21,31H,4,14,19H2,1-3H3,(H,32,33);1H/t21-;/m1./s1. The third-order valence-electron chi connectivity index (χ3n) is 6.14. The van der Waals surface area contributed by atoms with Crippen LogP contribution in [0.25, 0.3) is 21.9 Å². The second kappa shape index (κ2) is 11.9. The van der Waals surface area contributed by atoms with Gasteiger partial charge in [-0.05, 0) is 89.2 Å². The minimum atomic E-state index is -0.902. The first-order valence-electron chi connectivity index (χ1n) is 11.8. The lowest BCUT2D eigenvalue weighted by Gasteiger charge is -2.17. The Hall–Kier alpha value is -3.34. The second-order valence-electron chi connectivity index (χ2n) is 8.72. The Morgan fingerprint density at radius 3 is 2.57 bits per heavy atom. The van der Waals surface area contributed by atoms with E-state index in [2.05, 4.69) is 55.6 Å². The van der Waals surface area contributed by atoms with Crippen LogP contribution in [0.1, 0.15) is 53.4 Å². The van der Waals surface area contributed by atoms with Crippen LogP contribution in [-0.4, -0.2) is 17.7 Å². The van der Waals surface area contributed by atoms with Crippen molar-refractivity contribution in [3.63, 3.8) is 0 Å². The van der Waals surface area contributed by atoms with Gasteiger partial charge in [-0.3, -0.25) is 0 Å². The zero-order valence-electron chi connectivity index (χ0n) is 20.4. The lowest BCUT2D eigenvalue weighted by Crippen LogP contribution is -2.18. The molecule has 182 valence electrons. The summed E-state index contributed by atoms with van der Waals surface area (Å²) in [7, 11) is 0. The Morgan fingerprint density at radius 2 is 1.80 bits per heavy atom. The van der Waals surface area contributed by atoms with E-state index in [9.17, 15) is 9.90 Å². The summed E-state index contributed by atoms with van der Waals surface area (Å²) in [5.74, 6) is -0.00459. The van der Waals surface area contributed by atoms with E-state index in [4.69, 9.17) is 4.74 Å². The average molecular weight is 490 g/mol. The maximum Gasteiger partial charge on any atom is 0.335 e. The van der Waals surface area contributed by atoms with E-state index in [0.29, 0.717) is 18.7 Å². The number of ether oxygens (including phenoxy) is 1. The molecule has 0 fully saturated rings. The van der Waals surface area contributed by atoms with Gasteiger partial charge in [0.05, 0.1) is 12.2 Å². The van der Waals surface area contributed by atoms with Crippen LogP contribution in [0.5, 0.6) is 5.75 Å². The minimum absolute atomic E-state index is 0. The maximum atomic E-state index is 11.7. The van der Waals surface area contributed by atoms with Crippen LogP contribution < -0.4 is 10.1 Å². The number of aryl methyl sites for hydroxylation is 1. The van der Waals surface area contributed by atoms with Crippen LogP contribution in [0.4, 0.5) is 0 Å².